The summed E-state index contributed by atoms with van der Waals surface area (Å²) in [5.74, 6) is 0.326. The van der Waals surface area contributed by atoms with Gasteiger partial charge in [-0.15, -0.1) is 11.3 Å². The van der Waals surface area contributed by atoms with Crippen molar-refractivity contribution in [2.24, 2.45) is 5.92 Å². The van der Waals surface area contributed by atoms with Crippen LogP contribution >= 0.6 is 11.3 Å². The van der Waals surface area contributed by atoms with Crippen molar-refractivity contribution >= 4 is 17.2 Å². The van der Waals surface area contributed by atoms with Crippen LogP contribution in [-0.4, -0.2) is 39.8 Å². The Balaban J connectivity index is 1.52. The summed E-state index contributed by atoms with van der Waals surface area (Å²) >= 11 is 1.57. The molecule has 0 spiro atoms. The summed E-state index contributed by atoms with van der Waals surface area (Å²) in [4.78, 5) is 21.6. The minimum Gasteiger partial charge on any atom is -0.332 e. The zero-order chi connectivity index (χ0) is 17.2. The highest BCUT2D eigenvalue weighted by Crippen LogP contribution is 2.31. The number of piperidine rings is 1. The van der Waals surface area contributed by atoms with Crippen molar-refractivity contribution in [1.29, 1.82) is 5.26 Å². The van der Waals surface area contributed by atoms with Gasteiger partial charge in [0, 0.05) is 31.1 Å². The average Bonchev–Trinajstić information content (AvgIpc) is 3.01. The van der Waals surface area contributed by atoms with Crippen molar-refractivity contribution in [3.05, 3.63) is 52.0 Å². The molecular formula is C19H20N4OS. The van der Waals surface area contributed by atoms with E-state index in [1.807, 2.05) is 40.1 Å². The molecule has 0 saturated carbocycles. The number of carbonyl (C=O) groups excluding carboxylic acids is 1. The fraction of sp³-hybridized carbons (Fsp3) is 0.421. The summed E-state index contributed by atoms with van der Waals surface area (Å²) in [7, 11) is 0. The molecule has 0 N–H and O–H groups in total. The third-order valence-corrected chi connectivity index (χ3v) is 5.85. The fourth-order valence-electron chi connectivity index (χ4n) is 3.97. The molecule has 1 aromatic heterocycles. The van der Waals surface area contributed by atoms with E-state index in [0.29, 0.717) is 6.54 Å². The molecule has 2 bridgehead atoms. The second-order valence-electron chi connectivity index (χ2n) is 6.84. The Bertz CT molecular complexity index is 798. The van der Waals surface area contributed by atoms with Crippen LogP contribution < -0.4 is 0 Å². The lowest BCUT2D eigenvalue weighted by Gasteiger charge is -2.35. The number of nitrogens with zero attached hydrogens (tertiary/aromatic N) is 4. The van der Waals surface area contributed by atoms with E-state index in [-0.39, 0.29) is 17.9 Å². The maximum absolute atomic E-state index is 12.9. The number of fused-ring (bicyclic) bond motifs is 4. The Morgan fingerprint density at radius 3 is 2.92 bits per heavy atom. The number of aromatic nitrogens is 1. The van der Waals surface area contributed by atoms with Crippen LogP contribution in [0.2, 0.25) is 0 Å². The number of hydrogen-bond donors (Lipinski definition) is 0. The first-order valence-corrected chi connectivity index (χ1v) is 9.57. The molecule has 5 rings (SSSR count). The van der Waals surface area contributed by atoms with Crippen molar-refractivity contribution in [3.63, 3.8) is 0 Å². The first-order chi connectivity index (χ1) is 12.2. The van der Waals surface area contributed by atoms with Crippen LogP contribution in [0.1, 0.15) is 29.7 Å². The SMILES string of the molecule is N#Cc1ccccc1CN1C[C@@H]2CC[C@H](C1)N(Cc1cscn1)C2=O. The Morgan fingerprint density at radius 1 is 1.24 bits per heavy atom. The van der Waals surface area contributed by atoms with Gasteiger partial charge < -0.3 is 4.90 Å². The third-order valence-electron chi connectivity index (χ3n) is 5.22. The van der Waals surface area contributed by atoms with E-state index in [0.717, 1.165) is 49.3 Å². The van der Waals surface area contributed by atoms with E-state index in [1.165, 1.54) is 0 Å². The van der Waals surface area contributed by atoms with E-state index in [2.05, 4.69) is 16.0 Å². The van der Waals surface area contributed by atoms with Gasteiger partial charge in [-0.2, -0.15) is 5.26 Å². The summed E-state index contributed by atoms with van der Waals surface area (Å²) in [5.41, 5.74) is 4.57. The van der Waals surface area contributed by atoms with Crippen molar-refractivity contribution < 1.29 is 4.79 Å². The molecule has 2 aromatic rings. The molecule has 1 aromatic carbocycles. The van der Waals surface area contributed by atoms with Crippen LogP contribution in [-0.2, 0) is 17.9 Å². The van der Waals surface area contributed by atoms with E-state index in [9.17, 15) is 10.1 Å². The summed E-state index contributed by atoms with van der Waals surface area (Å²) in [6, 6.07) is 10.3. The summed E-state index contributed by atoms with van der Waals surface area (Å²) in [5, 5.41) is 11.3. The van der Waals surface area contributed by atoms with Gasteiger partial charge in [0.1, 0.15) is 0 Å². The molecular weight excluding hydrogens is 332 g/mol. The molecule has 25 heavy (non-hydrogen) atoms. The summed E-state index contributed by atoms with van der Waals surface area (Å²) < 4.78 is 0. The Kier molecular flexibility index (Phi) is 4.51. The number of thiazole rings is 1. The van der Waals surface area contributed by atoms with E-state index in [4.69, 9.17) is 0 Å². The van der Waals surface area contributed by atoms with Crippen LogP contribution in [0, 0.1) is 17.2 Å². The number of carbonyl (C=O) groups is 1. The summed E-state index contributed by atoms with van der Waals surface area (Å²) in [6.07, 6.45) is 2.02. The predicted octanol–water partition coefficient (Wildman–Crippen LogP) is 2.64. The smallest absolute Gasteiger partial charge is 0.227 e. The Morgan fingerprint density at radius 2 is 2.12 bits per heavy atom. The molecule has 0 aliphatic carbocycles. The van der Waals surface area contributed by atoms with Crippen molar-refractivity contribution in [1.82, 2.24) is 14.8 Å². The van der Waals surface area contributed by atoms with Crippen LogP contribution in [0.5, 0.6) is 0 Å². The molecule has 0 radical (unpaired) electrons. The highest BCUT2D eigenvalue weighted by molar-refractivity contribution is 7.07. The Hall–Kier alpha value is -2.23. The van der Waals surface area contributed by atoms with E-state index in [1.54, 1.807) is 11.3 Å². The zero-order valence-corrected chi connectivity index (χ0v) is 14.8. The van der Waals surface area contributed by atoms with Gasteiger partial charge in [0.25, 0.3) is 0 Å². The Labute approximate surface area is 151 Å². The van der Waals surface area contributed by atoms with Crippen LogP contribution in [0.3, 0.4) is 0 Å². The average molecular weight is 352 g/mol. The van der Waals surface area contributed by atoms with Gasteiger partial charge in [-0.25, -0.2) is 4.98 Å². The second kappa shape index (κ2) is 6.95. The molecule has 1 amide bonds. The molecule has 0 unspecified atom stereocenters. The van der Waals surface area contributed by atoms with Gasteiger partial charge >= 0.3 is 0 Å². The fourth-order valence-corrected chi connectivity index (χ4v) is 4.51. The number of hydrogen-bond acceptors (Lipinski definition) is 5. The van der Waals surface area contributed by atoms with Gasteiger partial charge in [0.05, 0.1) is 35.3 Å². The number of nitriles is 1. The van der Waals surface area contributed by atoms with Crippen molar-refractivity contribution in [2.75, 3.05) is 13.1 Å². The topological polar surface area (TPSA) is 60.2 Å². The number of benzene rings is 1. The number of amides is 1. The van der Waals surface area contributed by atoms with Crippen LogP contribution in [0.15, 0.2) is 35.2 Å². The van der Waals surface area contributed by atoms with Gasteiger partial charge in [-0.1, -0.05) is 18.2 Å². The molecule has 5 nitrogen and oxygen atoms in total. The van der Waals surface area contributed by atoms with Crippen LogP contribution in [0.4, 0.5) is 0 Å². The molecule has 2 atom stereocenters. The lowest BCUT2D eigenvalue weighted by atomic mass is 9.94. The molecule has 128 valence electrons. The molecule has 6 heteroatoms. The molecule has 4 heterocycles. The quantitative estimate of drug-likeness (QED) is 0.849. The summed E-state index contributed by atoms with van der Waals surface area (Å²) in [6.45, 7) is 3.00. The molecule has 3 fully saturated rings. The molecule has 3 aliphatic heterocycles. The van der Waals surface area contributed by atoms with Gasteiger partial charge in [-0.3, -0.25) is 9.69 Å². The maximum Gasteiger partial charge on any atom is 0.227 e. The lowest BCUT2D eigenvalue weighted by molar-refractivity contribution is -0.140. The maximum atomic E-state index is 12.9. The van der Waals surface area contributed by atoms with Crippen LogP contribution in [0.25, 0.3) is 0 Å². The highest BCUT2D eigenvalue weighted by Gasteiger charge is 2.40. The standard InChI is InChI=1S/C19H20N4OS/c20-7-14-3-1-2-4-15(14)8-22-9-16-5-6-18(11-22)23(19(16)24)10-17-12-25-13-21-17/h1-4,12-13,16,18H,5-6,8-11H2/t16-,18+/m0/s1. The molecule has 3 saturated heterocycles. The lowest BCUT2D eigenvalue weighted by Crippen LogP contribution is -2.47. The largest absolute Gasteiger partial charge is 0.332 e. The monoisotopic (exact) mass is 352 g/mol. The first-order valence-electron chi connectivity index (χ1n) is 8.62. The third kappa shape index (κ3) is 3.30. The van der Waals surface area contributed by atoms with E-state index >= 15 is 0 Å². The minimum absolute atomic E-state index is 0.0617. The highest BCUT2D eigenvalue weighted by atomic mass is 32.1. The van der Waals surface area contributed by atoms with Gasteiger partial charge in [0.15, 0.2) is 0 Å². The van der Waals surface area contributed by atoms with Crippen molar-refractivity contribution in [2.45, 2.75) is 32.0 Å². The first kappa shape index (κ1) is 16.2. The second-order valence-corrected chi connectivity index (χ2v) is 7.56. The van der Waals surface area contributed by atoms with Crippen molar-refractivity contribution in [3.8, 4) is 6.07 Å². The van der Waals surface area contributed by atoms with Gasteiger partial charge in [-0.05, 0) is 24.5 Å². The normalized spacial score (nSPS) is 23.5. The van der Waals surface area contributed by atoms with Gasteiger partial charge in [0.2, 0.25) is 5.91 Å². The number of rotatable bonds is 4. The van der Waals surface area contributed by atoms with E-state index < -0.39 is 0 Å². The minimum atomic E-state index is 0.0617. The predicted molar refractivity (Wildman–Crippen MR) is 95.6 cm³/mol. The molecule has 3 aliphatic rings. The zero-order valence-electron chi connectivity index (χ0n) is 14.0.